The smallest absolute Gasteiger partial charge is 0.00672 e. The molecule has 1 aliphatic rings. The third kappa shape index (κ3) is 8.74. The Balaban J connectivity index is 2.08. The van der Waals surface area contributed by atoms with Gasteiger partial charge in [-0.15, -0.1) is 0 Å². The van der Waals surface area contributed by atoms with Gasteiger partial charge in [-0.3, -0.25) is 0 Å². The van der Waals surface area contributed by atoms with Crippen LogP contribution in [0.4, 0.5) is 0 Å². The molecule has 2 nitrogen and oxygen atoms in total. The lowest BCUT2D eigenvalue weighted by Gasteiger charge is -2.42. The minimum atomic E-state index is 0.402. The Hall–Kier alpha value is -0.0800. The second-order valence-corrected chi connectivity index (χ2v) is 10.3. The van der Waals surface area contributed by atoms with Crippen LogP contribution in [-0.4, -0.2) is 12.1 Å². The first-order chi connectivity index (χ1) is 12.3. The Bertz CT molecular complexity index is 350. The van der Waals surface area contributed by atoms with Crippen LogP contribution < -0.4 is 11.5 Å². The molecule has 26 heavy (non-hydrogen) atoms. The summed E-state index contributed by atoms with van der Waals surface area (Å²) in [4.78, 5) is 0. The Morgan fingerprint density at radius 3 is 2.08 bits per heavy atom. The largest absolute Gasteiger partial charge is 0.327 e. The van der Waals surface area contributed by atoms with Crippen LogP contribution in [0.3, 0.4) is 0 Å². The van der Waals surface area contributed by atoms with Crippen LogP contribution in [0.5, 0.6) is 0 Å². The molecule has 0 heterocycles. The Morgan fingerprint density at radius 1 is 0.923 bits per heavy atom. The molecule has 4 N–H and O–H groups in total. The van der Waals surface area contributed by atoms with Crippen molar-refractivity contribution >= 4 is 0 Å². The van der Waals surface area contributed by atoms with E-state index in [9.17, 15) is 0 Å². The maximum Gasteiger partial charge on any atom is 0.00672 e. The van der Waals surface area contributed by atoms with E-state index in [1.165, 1.54) is 83.5 Å². The molecule has 0 aromatic rings. The summed E-state index contributed by atoms with van der Waals surface area (Å²) in [5, 5.41) is 0. The lowest BCUT2D eigenvalue weighted by Crippen LogP contribution is -2.40. The third-order valence-electron chi connectivity index (χ3n) is 7.39. The van der Waals surface area contributed by atoms with Crippen molar-refractivity contribution in [1.82, 2.24) is 0 Å². The SMILES string of the molecule is CCC1CC(C(C)(C)CCCCCCCCCC(N)C(C)C)CCC1N. The normalized spacial score (nSPS) is 25.6. The van der Waals surface area contributed by atoms with Crippen molar-refractivity contribution < 1.29 is 0 Å². The van der Waals surface area contributed by atoms with Gasteiger partial charge in [0.05, 0.1) is 0 Å². The Labute approximate surface area is 165 Å². The van der Waals surface area contributed by atoms with Crippen LogP contribution in [0.1, 0.15) is 118 Å². The second-order valence-electron chi connectivity index (χ2n) is 10.3. The fraction of sp³-hybridized carbons (Fsp3) is 1.00. The third-order valence-corrected chi connectivity index (χ3v) is 7.39. The van der Waals surface area contributed by atoms with Gasteiger partial charge in [0.15, 0.2) is 0 Å². The van der Waals surface area contributed by atoms with Crippen LogP contribution >= 0.6 is 0 Å². The minimum absolute atomic E-state index is 0.402. The van der Waals surface area contributed by atoms with Crippen molar-refractivity contribution in [1.29, 1.82) is 0 Å². The van der Waals surface area contributed by atoms with Crippen LogP contribution in [0, 0.1) is 23.2 Å². The first-order valence-corrected chi connectivity index (χ1v) is 11.8. The fourth-order valence-electron chi connectivity index (χ4n) is 4.85. The van der Waals surface area contributed by atoms with Crippen molar-refractivity contribution in [3.05, 3.63) is 0 Å². The highest BCUT2D eigenvalue weighted by atomic mass is 14.7. The summed E-state index contributed by atoms with van der Waals surface area (Å²) >= 11 is 0. The molecule has 0 bridgehead atoms. The summed E-state index contributed by atoms with van der Waals surface area (Å²) in [5.41, 5.74) is 12.9. The summed E-state index contributed by atoms with van der Waals surface area (Å²) in [5.74, 6) is 2.28. The lowest BCUT2D eigenvalue weighted by atomic mass is 9.64. The molecule has 0 aromatic carbocycles. The van der Waals surface area contributed by atoms with E-state index in [1.807, 2.05) is 0 Å². The van der Waals surface area contributed by atoms with Gasteiger partial charge in [0.1, 0.15) is 0 Å². The molecule has 1 saturated carbocycles. The molecule has 156 valence electrons. The molecular formula is C24H50N2. The molecule has 0 saturated heterocycles. The summed E-state index contributed by atoms with van der Waals surface area (Å²) in [6.07, 6.45) is 17.5. The summed E-state index contributed by atoms with van der Waals surface area (Å²) < 4.78 is 0. The van der Waals surface area contributed by atoms with Gasteiger partial charge >= 0.3 is 0 Å². The number of unbranched alkanes of at least 4 members (excludes halogenated alkanes) is 6. The van der Waals surface area contributed by atoms with E-state index < -0.39 is 0 Å². The molecule has 0 aliphatic heterocycles. The average molecular weight is 367 g/mol. The molecule has 1 fully saturated rings. The zero-order valence-electron chi connectivity index (χ0n) is 18.7. The zero-order valence-corrected chi connectivity index (χ0v) is 18.7. The van der Waals surface area contributed by atoms with E-state index in [0.29, 0.717) is 23.4 Å². The van der Waals surface area contributed by atoms with Crippen LogP contribution in [-0.2, 0) is 0 Å². The summed E-state index contributed by atoms with van der Waals surface area (Å²) in [6.45, 7) is 11.8. The van der Waals surface area contributed by atoms with Gasteiger partial charge in [-0.25, -0.2) is 0 Å². The maximum absolute atomic E-state index is 6.31. The highest BCUT2D eigenvalue weighted by Crippen LogP contribution is 2.44. The van der Waals surface area contributed by atoms with E-state index in [4.69, 9.17) is 11.5 Å². The Morgan fingerprint density at radius 2 is 1.50 bits per heavy atom. The predicted octanol–water partition coefficient (Wildman–Crippen LogP) is 6.66. The molecule has 1 rings (SSSR count). The molecule has 0 radical (unpaired) electrons. The predicted molar refractivity (Wildman–Crippen MR) is 117 cm³/mol. The highest BCUT2D eigenvalue weighted by molar-refractivity contribution is 4.88. The van der Waals surface area contributed by atoms with Gasteiger partial charge in [0, 0.05) is 12.1 Å². The molecule has 0 aromatic heterocycles. The first-order valence-electron chi connectivity index (χ1n) is 11.8. The van der Waals surface area contributed by atoms with Crippen LogP contribution in [0.25, 0.3) is 0 Å². The van der Waals surface area contributed by atoms with E-state index in [1.54, 1.807) is 0 Å². The fourth-order valence-corrected chi connectivity index (χ4v) is 4.85. The summed E-state index contributed by atoms with van der Waals surface area (Å²) in [6, 6.07) is 0.862. The van der Waals surface area contributed by atoms with Gasteiger partial charge in [-0.2, -0.15) is 0 Å². The van der Waals surface area contributed by atoms with Crippen LogP contribution in [0.2, 0.25) is 0 Å². The molecule has 4 atom stereocenters. The number of hydrogen-bond acceptors (Lipinski definition) is 2. The minimum Gasteiger partial charge on any atom is -0.327 e. The van der Waals surface area contributed by atoms with Gasteiger partial charge in [-0.05, 0) is 55.3 Å². The number of nitrogens with two attached hydrogens (primary N) is 2. The van der Waals surface area contributed by atoms with Gasteiger partial charge < -0.3 is 11.5 Å². The second kappa shape index (κ2) is 12.4. The molecule has 0 spiro atoms. The van der Waals surface area contributed by atoms with Crippen molar-refractivity contribution in [2.75, 3.05) is 0 Å². The number of rotatable bonds is 13. The number of hydrogen-bond donors (Lipinski definition) is 2. The van der Waals surface area contributed by atoms with Gasteiger partial charge in [-0.1, -0.05) is 86.0 Å². The Kier molecular flexibility index (Phi) is 11.4. The van der Waals surface area contributed by atoms with E-state index in [-0.39, 0.29) is 0 Å². The quantitative estimate of drug-likeness (QED) is 0.358. The van der Waals surface area contributed by atoms with E-state index in [2.05, 4.69) is 34.6 Å². The molecule has 2 heteroatoms. The molecular weight excluding hydrogens is 316 g/mol. The van der Waals surface area contributed by atoms with Crippen LogP contribution in [0.15, 0.2) is 0 Å². The molecule has 4 unspecified atom stereocenters. The average Bonchev–Trinajstić information content (AvgIpc) is 2.60. The van der Waals surface area contributed by atoms with Crippen molar-refractivity contribution in [3.8, 4) is 0 Å². The van der Waals surface area contributed by atoms with Gasteiger partial charge in [0.2, 0.25) is 0 Å². The molecule has 1 aliphatic carbocycles. The highest BCUT2D eigenvalue weighted by Gasteiger charge is 2.35. The van der Waals surface area contributed by atoms with Gasteiger partial charge in [0.25, 0.3) is 0 Å². The van der Waals surface area contributed by atoms with E-state index in [0.717, 1.165) is 11.8 Å². The molecule has 0 amide bonds. The maximum atomic E-state index is 6.31. The first kappa shape index (κ1) is 24.0. The topological polar surface area (TPSA) is 52.0 Å². The zero-order chi connectivity index (χ0) is 19.6. The van der Waals surface area contributed by atoms with Crippen molar-refractivity contribution in [3.63, 3.8) is 0 Å². The standard InChI is InChI=1S/C24H50N2/c1-6-20-18-21(15-16-23(20)26)24(4,5)17-13-11-9-7-8-10-12-14-22(25)19(2)3/h19-23H,6-18,25-26H2,1-5H3. The lowest BCUT2D eigenvalue weighted by molar-refractivity contribution is 0.0994. The van der Waals surface area contributed by atoms with E-state index >= 15 is 0 Å². The summed E-state index contributed by atoms with van der Waals surface area (Å²) in [7, 11) is 0. The monoisotopic (exact) mass is 366 g/mol. The van der Waals surface area contributed by atoms with Crippen molar-refractivity contribution in [2.24, 2.45) is 34.6 Å². The van der Waals surface area contributed by atoms with Crippen molar-refractivity contribution in [2.45, 2.75) is 130 Å².